The van der Waals surface area contributed by atoms with Crippen LogP contribution in [-0.2, 0) is 6.54 Å². The summed E-state index contributed by atoms with van der Waals surface area (Å²) in [6.07, 6.45) is 0. The van der Waals surface area contributed by atoms with E-state index in [9.17, 15) is 4.79 Å². The molecule has 0 aromatic carbocycles. The number of hydrogen-bond acceptors (Lipinski definition) is 4. The van der Waals surface area contributed by atoms with Gasteiger partial charge in [0.1, 0.15) is 5.82 Å². The van der Waals surface area contributed by atoms with Gasteiger partial charge in [-0.3, -0.25) is 4.79 Å². The molecule has 4 nitrogen and oxygen atoms in total. The van der Waals surface area contributed by atoms with Crippen molar-refractivity contribution in [2.24, 2.45) is 0 Å². The van der Waals surface area contributed by atoms with Gasteiger partial charge in [0, 0.05) is 18.3 Å². The topological polar surface area (TPSA) is 57.8 Å². The van der Waals surface area contributed by atoms with Crippen molar-refractivity contribution in [3.63, 3.8) is 0 Å². The molecule has 0 aliphatic carbocycles. The summed E-state index contributed by atoms with van der Waals surface area (Å²) in [5.74, 6) is 0.659. The van der Waals surface area contributed by atoms with Crippen molar-refractivity contribution in [1.29, 1.82) is 0 Å². The van der Waals surface area contributed by atoms with Crippen molar-refractivity contribution in [2.75, 3.05) is 0 Å². The number of H-pyrrole nitrogens is 1. The molecule has 2 aromatic rings. The Morgan fingerprint density at radius 2 is 2.11 bits per heavy atom. The van der Waals surface area contributed by atoms with Crippen molar-refractivity contribution in [3.8, 4) is 0 Å². The second kappa shape index (κ2) is 5.67. The standard InChI is InChI=1S/C14H19N3OS/c1-8-6-19-7-12(8)5-15-9(2)13-10(3)16-11(4)17-14(13)18/h6-7,9,15H,5H2,1-4H3,(H,16,17,18). The second-order valence-electron chi connectivity index (χ2n) is 4.83. The Bertz CT molecular complexity index is 630. The van der Waals surface area contributed by atoms with Crippen molar-refractivity contribution >= 4 is 11.3 Å². The zero-order valence-corrected chi connectivity index (χ0v) is 12.5. The molecule has 2 aromatic heterocycles. The quantitative estimate of drug-likeness (QED) is 0.903. The molecule has 5 heteroatoms. The number of thiophene rings is 1. The van der Waals surface area contributed by atoms with Crippen LogP contribution in [0.3, 0.4) is 0 Å². The molecule has 19 heavy (non-hydrogen) atoms. The fourth-order valence-electron chi connectivity index (χ4n) is 2.18. The lowest BCUT2D eigenvalue weighted by Crippen LogP contribution is -2.27. The average Bonchev–Trinajstić information content (AvgIpc) is 2.70. The highest BCUT2D eigenvalue weighted by Crippen LogP contribution is 2.16. The van der Waals surface area contributed by atoms with Crippen molar-refractivity contribution in [3.05, 3.63) is 49.3 Å². The molecule has 0 amide bonds. The lowest BCUT2D eigenvalue weighted by atomic mass is 10.1. The molecule has 0 saturated heterocycles. The Kier molecular flexibility index (Phi) is 4.17. The molecule has 0 saturated carbocycles. The predicted molar refractivity (Wildman–Crippen MR) is 78.6 cm³/mol. The maximum atomic E-state index is 12.0. The second-order valence-corrected chi connectivity index (χ2v) is 5.58. The molecule has 2 N–H and O–H groups in total. The van der Waals surface area contributed by atoms with E-state index >= 15 is 0 Å². The highest BCUT2D eigenvalue weighted by atomic mass is 32.1. The molecule has 0 fully saturated rings. The summed E-state index contributed by atoms with van der Waals surface area (Å²) >= 11 is 1.70. The number of aromatic nitrogens is 2. The monoisotopic (exact) mass is 277 g/mol. The van der Waals surface area contributed by atoms with Gasteiger partial charge in [0.2, 0.25) is 0 Å². The molecule has 2 rings (SSSR count). The highest BCUT2D eigenvalue weighted by Gasteiger charge is 2.14. The SMILES string of the molecule is Cc1nc(C)c(C(C)NCc2cscc2C)c(=O)[nH]1. The maximum Gasteiger partial charge on any atom is 0.255 e. The first-order chi connectivity index (χ1) is 8.99. The summed E-state index contributed by atoms with van der Waals surface area (Å²) in [7, 11) is 0. The van der Waals surface area contributed by atoms with Gasteiger partial charge < -0.3 is 10.3 Å². The Labute approximate surface area is 116 Å². The smallest absolute Gasteiger partial charge is 0.255 e. The van der Waals surface area contributed by atoms with Crippen LogP contribution >= 0.6 is 11.3 Å². The van der Waals surface area contributed by atoms with Crippen LogP contribution < -0.4 is 10.9 Å². The summed E-state index contributed by atoms with van der Waals surface area (Å²) in [6, 6.07) is -0.0175. The molecule has 2 heterocycles. The van der Waals surface area contributed by atoms with Gasteiger partial charge in [-0.05, 0) is 49.6 Å². The molecule has 0 radical (unpaired) electrons. The summed E-state index contributed by atoms with van der Waals surface area (Å²) in [5.41, 5.74) is 4.04. The first-order valence-corrected chi connectivity index (χ1v) is 7.25. The number of aryl methyl sites for hydroxylation is 3. The maximum absolute atomic E-state index is 12.0. The summed E-state index contributed by atoms with van der Waals surface area (Å²) in [4.78, 5) is 19.1. The van der Waals surface area contributed by atoms with E-state index in [4.69, 9.17) is 0 Å². The minimum absolute atomic E-state index is 0.0175. The third-order valence-corrected chi connectivity index (χ3v) is 4.17. The lowest BCUT2D eigenvalue weighted by Gasteiger charge is -2.15. The van der Waals surface area contributed by atoms with Crippen LogP contribution in [-0.4, -0.2) is 9.97 Å². The van der Waals surface area contributed by atoms with E-state index in [-0.39, 0.29) is 11.6 Å². The normalized spacial score (nSPS) is 12.6. The summed E-state index contributed by atoms with van der Waals surface area (Å²) in [6.45, 7) is 8.54. The van der Waals surface area contributed by atoms with Crippen LogP contribution in [0.15, 0.2) is 15.6 Å². The molecule has 0 aliphatic rings. The number of nitrogens with one attached hydrogen (secondary N) is 2. The van der Waals surface area contributed by atoms with Crippen molar-refractivity contribution in [2.45, 2.75) is 40.3 Å². The zero-order valence-electron chi connectivity index (χ0n) is 11.7. The average molecular weight is 277 g/mol. The highest BCUT2D eigenvalue weighted by molar-refractivity contribution is 7.08. The number of hydrogen-bond donors (Lipinski definition) is 2. The molecule has 102 valence electrons. The summed E-state index contributed by atoms with van der Waals surface area (Å²) < 4.78 is 0. The molecule has 0 bridgehead atoms. The molecular weight excluding hydrogens is 258 g/mol. The number of nitrogens with zero attached hydrogens (tertiary/aromatic N) is 1. The van der Waals surface area contributed by atoms with Gasteiger partial charge in [0.25, 0.3) is 5.56 Å². The van der Waals surface area contributed by atoms with E-state index in [1.165, 1.54) is 11.1 Å². The van der Waals surface area contributed by atoms with Crippen molar-refractivity contribution < 1.29 is 0 Å². The van der Waals surface area contributed by atoms with Gasteiger partial charge in [-0.1, -0.05) is 0 Å². The first-order valence-electron chi connectivity index (χ1n) is 6.31. The van der Waals surface area contributed by atoms with E-state index in [2.05, 4.69) is 33.0 Å². The third-order valence-electron chi connectivity index (χ3n) is 3.26. The van der Waals surface area contributed by atoms with Gasteiger partial charge >= 0.3 is 0 Å². The van der Waals surface area contributed by atoms with Gasteiger partial charge in [0.05, 0.1) is 5.56 Å². The largest absolute Gasteiger partial charge is 0.310 e. The van der Waals surface area contributed by atoms with Gasteiger partial charge in [-0.2, -0.15) is 11.3 Å². The number of aromatic amines is 1. The van der Waals surface area contributed by atoms with Gasteiger partial charge in [-0.25, -0.2) is 4.98 Å². The molecule has 1 atom stereocenters. The van der Waals surface area contributed by atoms with E-state index < -0.39 is 0 Å². The van der Waals surface area contributed by atoms with Crippen LogP contribution in [0.25, 0.3) is 0 Å². The molecule has 0 aliphatic heterocycles. The fraction of sp³-hybridized carbons (Fsp3) is 0.429. The van der Waals surface area contributed by atoms with E-state index in [0.717, 1.165) is 17.8 Å². The summed E-state index contributed by atoms with van der Waals surface area (Å²) in [5, 5.41) is 7.66. The van der Waals surface area contributed by atoms with Crippen molar-refractivity contribution in [1.82, 2.24) is 15.3 Å². The lowest BCUT2D eigenvalue weighted by molar-refractivity contribution is 0.562. The fourth-order valence-corrected chi connectivity index (χ4v) is 3.04. The van der Waals surface area contributed by atoms with E-state index in [1.807, 2.05) is 13.8 Å². The van der Waals surface area contributed by atoms with Gasteiger partial charge in [-0.15, -0.1) is 0 Å². The Hall–Kier alpha value is -1.46. The molecule has 0 spiro atoms. The number of rotatable bonds is 4. The van der Waals surface area contributed by atoms with Crippen LogP contribution in [0.1, 0.15) is 41.2 Å². The van der Waals surface area contributed by atoms with E-state index in [0.29, 0.717) is 5.82 Å². The third kappa shape index (κ3) is 3.11. The zero-order chi connectivity index (χ0) is 14.0. The van der Waals surface area contributed by atoms with Crippen LogP contribution in [0, 0.1) is 20.8 Å². The minimum atomic E-state index is -0.0490. The van der Waals surface area contributed by atoms with Crippen LogP contribution in [0.4, 0.5) is 0 Å². The molecule has 1 unspecified atom stereocenters. The Balaban J connectivity index is 2.15. The molecular formula is C14H19N3OS. The van der Waals surface area contributed by atoms with Crippen LogP contribution in [0.2, 0.25) is 0 Å². The van der Waals surface area contributed by atoms with Gasteiger partial charge in [0.15, 0.2) is 0 Å². The Morgan fingerprint density at radius 3 is 2.68 bits per heavy atom. The van der Waals surface area contributed by atoms with Crippen LogP contribution in [0.5, 0.6) is 0 Å². The minimum Gasteiger partial charge on any atom is -0.310 e. The first kappa shape index (κ1) is 14.0. The van der Waals surface area contributed by atoms with E-state index in [1.54, 1.807) is 18.3 Å². The Morgan fingerprint density at radius 1 is 1.37 bits per heavy atom. The predicted octanol–water partition coefficient (Wildman–Crippen LogP) is 2.61.